The van der Waals surface area contributed by atoms with Gasteiger partial charge in [-0.05, 0) is 67.1 Å². The third kappa shape index (κ3) is 5.55. The van der Waals surface area contributed by atoms with E-state index in [0.29, 0.717) is 28.3 Å². The number of ether oxygens (including phenoxy) is 1. The fourth-order valence-corrected chi connectivity index (χ4v) is 3.06. The summed E-state index contributed by atoms with van der Waals surface area (Å²) in [5, 5.41) is 7.03. The summed E-state index contributed by atoms with van der Waals surface area (Å²) in [5.74, 6) is 0.150. The summed E-state index contributed by atoms with van der Waals surface area (Å²) in [7, 11) is 1.58. The monoisotopic (exact) mass is 465 g/mol. The maximum Gasteiger partial charge on any atom is 0.271 e. The second-order valence-corrected chi connectivity index (χ2v) is 7.33. The van der Waals surface area contributed by atoms with Crippen molar-refractivity contribution in [1.29, 1.82) is 0 Å². The molecule has 2 amide bonds. The Hall–Kier alpha value is -3.45. The first-order valence-corrected chi connectivity index (χ1v) is 9.91. The van der Waals surface area contributed by atoms with Crippen LogP contribution in [0.3, 0.4) is 0 Å². The highest BCUT2D eigenvalue weighted by atomic mass is 79.9. The Morgan fingerprint density at radius 2 is 1.57 bits per heavy atom. The molecule has 6 nitrogen and oxygen atoms in total. The topological polar surface area (TPSA) is 79.8 Å². The summed E-state index contributed by atoms with van der Waals surface area (Å²) in [5.41, 5.74) is 5.58. The van der Waals surface area contributed by atoms with Crippen LogP contribution < -0.4 is 15.5 Å². The van der Waals surface area contributed by atoms with Crippen LogP contribution in [-0.2, 0) is 0 Å². The van der Waals surface area contributed by atoms with Crippen molar-refractivity contribution in [2.24, 2.45) is 5.10 Å². The van der Waals surface area contributed by atoms with Gasteiger partial charge in [-0.1, -0.05) is 34.1 Å². The minimum Gasteiger partial charge on any atom is -0.497 e. The van der Waals surface area contributed by atoms with Gasteiger partial charge in [-0.25, -0.2) is 5.43 Å². The Kier molecular flexibility index (Phi) is 6.98. The van der Waals surface area contributed by atoms with Crippen molar-refractivity contribution in [2.45, 2.75) is 6.92 Å². The lowest BCUT2D eigenvalue weighted by atomic mass is 10.1. The summed E-state index contributed by atoms with van der Waals surface area (Å²) in [6, 6.07) is 21.2. The molecule has 3 rings (SSSR count). The number of nitrogens with one attached hydrogen (secondary N) is 2. The molecular formula is C23H20BrN3O3. The number of hydrogen-bond acceptors (Lipinski definition) is 4. The lowest BCUT2D eigenvalue weighted by molar-refractivity contribution is 0.0954. The molecule has 7 heteroatoms. The van der Waals surface area contributed by atoms with Gasteiger partial charge in [-0.2, -0.15) is 5.10 Å². The van der Waals surface area contributed by atoms with Crippen LogP contribution in [0.4, 0.5) is 5.69 Å². The summed E-state index contributed by atoms with van der Waals surface area (Å²) < 4.78 is 5.92. The van der Waals surface area contributed by atoms with E-state index in [1.54, 1.807) is 68.6 Å². The summed E-state index contributed by atoms with van der Waals surface area (Å²) in [4.78, 5) is 24.7. The summed E-state index contributed by atoms with van der Waals surface area (Å²) >= 11 is 3.34. The van der Waals surface area contributed by atoms with E-state index in [9.17, 15) is 9.59 Å². The zero-order chi connectivity index (χ0) is 21.5. The fourth-order valence-electron chi connectivity index (χ4n) is 2.66. The fraction of sp³-hybridized carbons (Fsp3) is 0.0870. The molecule has 0 saturated carbocycles. The average molecular weight is 466 g/mol. The quantitative estimate of drug-likeness (QED) is 0.402. The molecule has 0 radical (unpaired) electrons. The van der Waals surface area contributed by atoms with Gasteiger partial charge < -0.3 is 10.1 Å². The first-order chi connectivity index (χ1) is 14.5. The van der Waals surface area contributed by atoms with Crippen molar-refractivity contribution in [1.82, 2.24) is 5.43 Å². The smallest absolute Gasteiger partial charge is 0.271 e. The van der Waals surface area contributed by atoms with Crippen LogP contribution >= 0.6 is 15.9 Å². The van der Waals surface area contributed by atoms with Crippen LogP contribution in [-0.4, -0.2) is 24.6 Å². The lowest BCUT2D eigenvalue weighted by Crippen LogP contribution is -2.19. The zero-order valence-corrected chi connectivity index (χ0v) is 18.1. The normalized spacial score (nSPS) is 11.0. The van der Waals surface area contributed by atoms with Crippen LogP contribution in [0.25, 0.3) is 0 Å². The Bertz CT molecular complexity index is 1090. The highest BCUT2D eigenvalue weighted by molar-refractivity contribution is 9.10. The van der Waals surface area contributed by atoms with E-state index in [4.69, 9.17) is 4.74 Å². The van der Waals surface area contributed by atoms with Crippen molar-refractivity contribution in [3.63, 3.8) is 0 Å². The van der Waals surface area contributed by atoms with Crippen molar-refractivity contribution in [2.75, 3.05) is 12.4 Å². The predicted octanol–water partition coefficient (Wildman–Crippen LogP) is 4.86. The van der Waals surface area contributed by atoms with Gasteiger partial charge in [0.1, 0.15) is 5.75 Å². The maximum atomic E-state index is 12.5. The molecule has 0 aromatic heterocycles. The van der Waals surface area contributed by atoms with Gasteiger partial charge >= 0.3 is 0 Å². The van der Waals surface area contributed by atoms with Gasteiger partial charge in [0.2, 0.25) is 0 Å². The third-order valence-corrected chi connectivity index (χ3v) is 4.80. The van der Waals surface area contributed by atoms with E-state index in [-0.39, 0.29) is 11.8 Å². The van der Waals surface area contributed by atoms with E-state index >= 15 is 0 Å². The molecule has 0 aliphatic rings. The van der Waals surface area contributed by atoms with Gasteiger partial charge in [-0.3, -0.25) is 9.59 Å². The number of benzene rings is 3. The second kappa shape index (κ2) is 9.84. The van der Waals surface area contributed by atoms with Crippen LogP contribution in [0.5, 0.6) is 5.75 Å². The van der Waals surface area contributed by atoms with Crippen molar-refractivity contribution in [3.8, 4) is 5.75 Å². The third-order valence-electron chi connectivity index (χ3n) is 4.30. The highest BCUT2D eigenvalue weighted by Crippen LogP contribution is 2.16. The molecule has 3 aromatic rings. The number of rotatable bonds is 6. The summed E-state index contributed by atoms with van der Waals surface area (Å²) in [6.45, 7) is 1.78. The SMILES string of the molecule is COc1ccc(C(=O)Nc2cccc(/C(C)=N\NC(=O)c3cccc(Br)c3)c2)cc1. The Balaban J connectivity index is 1.68. The van der Waals surface area contributed by atoms with E-state index in [1.807, 2.05) is 18.2 Å². The molecule has 0 unspecified atom stereocenters. The number of amides is 2. The summed E-state index contributed by atoms with van der Waals surface area (Å²) in [6.07, 6.45) is 0. The lowest BCUT2D eigenvalue weighted by Gasteiger charge is -2.08. The Morgan fingerprint density at radius 1 is 0.867 bits per heavy atom. The zero-order valence-electron chi connectivity index (χ0n) is 16.5. The first kappa shape index (κ1) is 21.3. The average Bonchev–Trinajstić information content (AvgIpc) is 2.77. The van der Waals surface area contributed by atoms with E-state index in [1.165, 1.54) is 0 Å². The van der Waals surface area contributed by atoms with Crippen molar-refractivity contribution in [3.05, 3.63) is 94.0 Å². The van der Waals surface area contributed by atoms with E-state index < -0.39 is 0 Å². The molecule has 0 bridgehead atoms. The van der Waals surface area contributed by atoms with Gasteiger partial charge in [0, 0.05) is 21.3 Å². The Labute approximate surface area is 183 Å². The van der Waals surface area contributed by atoms with Crippen molar-refractivity contribution < 1.29 is 14.3 Å². The number of nitrogens with zero attached hydrogens (tertiary/aromatic N) is 1. The molecule has 0 aliphatic heterocycles. The minimum atomic E-state index is -0.306. The standard InChI is InChI=1S/C23H20BrN3O3/c1-15(26-27-23(29)18-6-3-7-19(24)13-18)17-5-4-8-20(14-17)25-22(28)16-9-11-21(30-2)12-10-16/h3-14H,1-2H3,(H,25,28)(H,27,29)/b26-15-. The van der Waals surface area contributed by atoms with Crippen molar-refractivity contribution >= 4 is 39.1 Å². The van der Waals surface area contributed by atoms with Gasteiger partial charge in [0.05, 0.1) is 12.8 Å². The maximum absolute atomic E-state index is 12.5. The molecule has 0 spiro atoms. The molecule has 0 fully saturated rings. The largest absolute Gasteiger partial charge is 0.497 e. The molecule has 0 aliphatic carbocycles. The molecule has 3 aromatic carbocycles. The molecular weight excluding hydrogens is 446 g/mol. The number of carbonyl (C=O) groups is 2. The number of hydrazone groups is 1. The number of halogens is 1. The van der Waals surface area contributed by atoms with Crippen LogP contribution in [0.2, 0.25) is 0 Å². The predicted molar refractivity (Wildman–Crippen MR) is 121 cm³/mol. The van der Waals surface area contributed by atoms with Gasteiger partial charge in [0.15, 0.2) is 0 Å². The molecule has 0 atom stereocenters. The van der Waals surface area contributed by atoms with Crippen LogP contribution in [0, 0.1) is 0 Å². The number of hydrogen-bond donors (Lipinski definition) is 2. The highest BCUT2D eigenvalue weighted by Gasteiger charge is 2.08. The minimum absolute atomic E-state index is 0.229. The van der Waals surface area contributed by atoms with Crippen LogP contribution in [0.1, 0.15) is 33.2 Å². The molecule has 2 N–H and O–H groups in total. The molecule has 30 heavy (non-hydrogen) atoms. The number of methoxy groups -OCH3 is 1. The molecule has 0 saturated heterocycles. The van der Waals surface area contributed by atoms with E-state index in [2.05, 4.69) is 31.8 Å². The molecule has 152 valence electrons. The van der Waals surface area contributed by atoms with Gasteiger partial charge in [0.25, 0.3) is 11.8 Å². The number of anilines is 1. The first-order valence-electron chi connectivity index (χ1n) is 9.12. The van der Waals surface area contributed by atoms with Gasteiger partial charge in [-0.15, -0.1) is 0 Å². The molecule has 0 heterocycles. The van der Waals surface area contributed by atoms with Crippen LogP contribution in [0.15, 0.2) is 82.4 Å². The van der Waals surface area contributed by atoms with E-state index in [0.717, 1.165) is 10.0 Å². The number of carbonyl (C=O) groups excluding carboxylic acids is 2. The Morgan fingerprint density at radius 3 is 2.27 bits per heavy atom. The second-order valence-electron chi connectivity index (χ2n) is 6.41.